The molecule has 2 heterocycles. The third-order valence-electron chi connectivity index (χ3n) is 6.67. The highest BCUT2D eigenvalue weighted by Crippen LogP contribution is 2.36. The minimum Gasteiger partial charge on any atom is -0.493 e. The number of esters is 1. The zero-order chi connectivity index (χ0) is 30.6. The molecular weight excluding hydrogens is 558 g/mol. The molecule has 0 bridgehead atoms. The summed E-state index contributed by atoms with van der Waals surface area (Å²) in [4.78, 5) is 43.5. The van der Waals surface area contributed by atoms with E-state index in [9.17, 15) is 19.7 Å². The molecule has 1 aliphatic heterocycles. The molecule has 11 heteroatoms. The van der Waals surface area contributed by atoms with Gasteiger partial charge in [-0.3, -0.25) is 19.5 Å². The van der Waals surface area contributed by atoms with Crippen molar-refractivity contribution in [1.29, 1.82) is 0 Å². The largest absolute Gasteiger partial charge is 0.493 e. The Kier molecular flexibility index (Phi) is 9.62. The van der Waals surface area contributed by atoms with Crippen LogP contribution in [0.15, 0.2) is 63.5 Å². The van der Waals surface area contributed by atoms with Gasteiger partial charge in [0.25, 0.3) is 11.2 Å². The maximum absolute atomic E-state index is 13.9. The highest BCUT2D eigenvalue weighted by molar-refractivity contribution is 7.07. The van der Waals surface area contributed by atoms with Gasteiger partial charge >= 0.3 is 5.97 Å². The van der Waals surface area contributed by atoms with Gasteiger partial charge in [0.1, 0.15) is 0 Å². The molecule has 0 fully saturated rings. The van der Waals surface area contributed by atoms with Crippen molar-refractivity contribution >= 4 is 29.1 Å². The lowest BCUT2D eigenvalue weighted by Crippen LogP contribution is -2.40. The van der Waals surface area contributed by atoms with E-state index in [0.717, 1.165) is 17.8 Å². The molecule has 42 heavy (non-hydrogen) atoms. The number of allylic oxidation sites excluding steroid dienone is 1. The Labute approximate surface area is 247 Å². The highest BCUT2D eigenvalue weighted by Gasteiger charge is 2.34. The summed E-state index contributed by atoms with van der Waals surface area (Å²) in [6, 6.07) is 10.7. The minimum absolute atomic E-state index is 0.110. The molecule has 10 nitrogen and oxygen atoms in total. The van der Waals surface area contributed by atoms with Crippen molar-refractivity contribution in [2.24, 2.45) is 16.8 Å². The van der Waals surface area contributed by atoms with Crippen LogP contribution in [-0.4, -0.2) is 35.8 Å². The number of thiazole rings is 1. The van der Waals surface area contributed by atoms with E-state index in [1.54, 1.807) is 43.3 Å². The first-order valence-corrected chi connectivity index (χ1v) is 14.6. The SMILES string of the molecule is COc1cc(C2C(C(=O)OCC(C)C)=C(C)N=c3s/c(=C\c4ccccc4[N+](=O)[O-])c(=O)n32)ccc1OCCC(C)C. The van der Waals surface area contributed by atoms with Crippen molar-refractivity contribution in [2.45, 2.75) is 47.1 Å². The van der Waals surface area contributed by atoms with E-state index in [1.165, 1.54) is 23.8 Å². The van der Waals surface area contributed by atoms with Crippen LogP contribution in [0.3, 0.4) is 0 Å². The van der Waals surface area contributed by atoms with Crippen LogP contribution in [0.4, 0.5) is 5.69 Å². The second-order valence-electron chi connectivity index (χ2n) is 10.8. The fourth-order valence-corrected chi connectivity index (χ4v) is 5.55. The van der Waals surface area contributed by atoms with Crippen molar-refractivity contribution in [1.82, 2.24) is 4.57 Å². The van der Waals surface area contributed by atoms with E-state index in [-0.39, 0.29) is 28.3 Å². The van der Waals surface area contributed by atoms with Gasteiger partial charge in [-0.15, -0.1) is 0 Å². The first-order valence-electron chi connectivity index (χ1n) is 13.8. The number of methoxy groups -OCH3 is 1. The fraction of sp³-hybridized carbons (Fsp3) is 0.387. The van der Waals surface area contributed by atoms with Crippen LogP contribution in [0.2, 0.25) is 0 Å². The van der Waals surface area contributed by atoms with Crippen molar-refractivity contribution < 1.29 is 23.9 Å². The molecule has 0 N–H and O–H groups in total. The second-order valence-corrected chi connectivity index (χ2v) is 11.8. The summed E-state index contributed by atoms with van der Waals surface area (Å²) in [5.41, 5.74) is 0.999. The summed E-state index contributed by atoms with van der Waals surface area (Å²) in [6.45, 7) is 10.5. The zero-order valence-corrected chi connectivity index (χ0v) is 25.4. The van der Waals surface area contributed by atoms with E-state index in [4.69, 9.17) is 14.2 Å². The number of hydrogen-bond acceptors (Lipinski definition) is 9. The Hall–Kier alpha value is -4.25. The Bertz CT molecular complexity index is 1700. The Morgan fingerprint density at radius 2 is 1.88 bits per heavy atom. The summed E-state index contributed by atoms with van der Waals surface area (Å²) >= 11 is 1.10. The Morgan fingerprint density at radius 1 is 1.14 bits per heavy atom. The number of nitro benzene ring substituents is 1. The number of carbonyl (C=O) groups excluding carboxylic acids is 1. The Morgan fingerprint density at radius 3 is 2.55 bits per heavy atom. The molecule has 4 rings (SSSR count). The van der Waals surface area contributed by atoms with E-state index >= 15 is 0 Å². The first kappa shape index (κ1) is 30.7. The van der Waals surface area contributed by atoms with E-state index in [0.29, 0.717) is 45.6 Å². The number of nitrogens with zero attached hydrogens (tertiary/aromatic N) is 3. The normalized spacial score (nSPS) is 15.0. The molecule has 2 aromatic carbocycles. The molecule has 1 atom stereocenters. The summed E-state index contributed by atoms with van der Waals surface area (Å²) < 4.78 is 18.9. The van der Waals surface area contributed by atoms with Gasteiger partial charge in [-0.25, -0.2) is 9.79 Å². The number of nitro groups is 1. The molecule has 3 aromatic rings. The molecule has 0 saturated carbocycles. The lowest BCUT2D eigenvalue weighted by Gasteiger charge is -2.25. The number of benzene rings is 2. The molecule has 0 saturated heterocycles. The zero-order valence-electron chi connectivity index (χ0n) is 24.6. The quantitative estimate of drug-likeness (QED) is 0.178. The Balaban J connectivity index is 1.89. The van der Waals surface area contributed by atoms with Crippen molar-refractivity contribution in [3.05, 3.63) is 94.7 Å². The lowest BCUT2D eigenvalue weighted by molar-refractivity contribution is -0.385. The lowest BCUT2D eigenvalue weighted by atomic mass is 9.95. The summed E-state index contributed by atoms with van der Waals surface area (Å²) in [6.07, 6.45) is 2.36. The van der Waals surface area contributed by atoms with Crippen LogP contribution in [0.1, 0.15) is 58.2 Å². The van der Waals surface area contributed by atoms with Crippen LogP contribution < -0.4 is 24.4 Å². The van der Waals surface area contributed by atoms with Gasteiger partial charge in [-0.05, 0) is 55.0 Å². The highest BCUT2D eigenvalue weighted by atomic mass is 32.1. The number of aromatic nitrogens is 1. The minimum atomic E-state index is -0.868. The van der Waals surface area contributed by atoms with Crippen molar-refractivity contribution in [2.75, 3.05) is 20.3 Å². The second kappa shape index (κ2) is 13.2. The number of ether oxygens (including phenoxy) is 3. The molecule has 0 aliphatic carbocycles. The summed E-state index contributed by atoms with van der Waals surface area (Å²) in [5.74, 6) is 1.02. The average Bonchev–Trinajstić information content (AvgIpc) is 3.25. The number of carbonyl (C=O) groups is 1. The number of fused-ring (bicyclic) bond motifs is 1. The van der Waals surface area contributed by atoms with Crippen LogP contribution in [-0.2, 0) is 9.53 Å². The third kappa shape index (κ3) is 6.62. The molecule has 222 valence electrons. The maximum Gasteiger partial charge on any atom is 0.338 e. The van der Waals surface area contributed by atoms with Gasteiger partial charge in [0.15, 0.2) is 16.3 Å². The van der Waals surface area contributed by atoms with Gasteiger partial charge in [-0.2, -0.15) is 0 Å². The molecule has 1 aromatic heterocycles. The number of rotatable bonds is 11. The van der Waals surface area contributed by atoms with Crippen LogP contribution >= 0.6 is 11.3 Å². The van der Waals surface area contributed by atoms with Crippen LogP contribution in [0.25, 0.3) is 6.08 Å². The number of hydrogen-bond donors (Lipinski definition) is 0. The van der Waals surface area contributed by atoms with Crippen LogP contribution in [0.5, 0.6) is 11.5 Å². The van der Waals surface area contributed by atoms with Gasteiger partial charge in [-0.1, -0.05) is 57.2 Å². The molecule has 1 unspecified atom stereocenters. The predicted octanol–water partition coefficient (Wildman–Crippen LogP) is 4.78. The number of para-hydroxylation sites is 1. The molecule has 1 aliphatic rings. The third-order valence-corrected chi connectivity index (χ3v) is 7.65. The van der Waals surface area contributed by atoms with E-state index in [1.807, 2.05) is 13.8 Å². The van der Waals surface area contributed by atoms with Gasteiger partial charge < -0.3 is 14.2 Å². The molecule has 0 amide bonds. The fourth-order valence-electron chi connectivity index (χ4n) is 4.51. The molecule has 0 radical (unpaired) electrons. The molecular formula is C31H35N3O7S. The maximum atomic E-state index is 13.9. The molecule has 0 spiro atoms. The van der Waals surface area contributed by atoms with Gasteiger partial charge in [0, 0.05) is 6.07 Å². The monoisotopic (exact) mass is 593 g/mol. The predicted molar refractivity (Wildman–Crippen MR) is 161 cm³/mol. The standard InChI is InChI=1S/C31H35N3O7S/c1-18(2)13-14-40-24-12-11-22(15-25(24)39-6)28-27(30(36)41-17-19(3)4)20(5)32-31-33(28)29(35)26(42-31)16-21-9-7-8-10-23(21)34(37)38/h7-12,15-16,18-19,28H,13-14,17H2,1-6H3/b26-16-. The van der Waals surface area contributed by atoms with Crippen molar-refractivity contribution in [3.63, 3.8) is 0 Å². The summed E-state index contributed by atoms with van der Waals surface area (Å²) in [7, 11) is 1.53. The smallest absolute Gasteiger partial charge is 0.338 e. The van der Waals surface area contributed by atoms with E-state index in [2.05, 4.69) is 18.8 Å². The first-order chi connectivity index (χ1) is 20.0. The summed E-state index contributed by atoms with van der Waals surface area (Å²) in [5, 5.41) is 11.6. The topological polar surface area (TPSA) is 122 Å². The van der Waals surface area contributed by atoms with Gasteiger partial charge in [0.05, 0.1) is 52.7 Å². The van der Waals surface area contributed by atoms with Crippen molar-refractivity contribution in [3.8, 4) is 11.5 Å². The van der Waals surface area contributed by atoms with Crippen LogP contribution in [0, 0.1) is 22.0 Å². The van der Waals surface area contributed by atoms with E-state index < -0.39 is 22.5 Å². The van der Waals surface area contributed by atoms with Gasteiger partial charge in [0.2, 0.25) is 0 Å². The average molecular weight is 594 g/mol.